The van der Waals surface area contributed by atoms with Gasteiger partial charge in [-0.05, 0) is 41.1 Å². The maximum atomic E-state index is 13.6. The second-order valence-electron chi connectivity index (χ2n) is 6.14. The number of ether oxygens (including phenoxy) is 1. The van der Waals surface area contributed by atoms with Crippen molar-refractivity contribution in [3.05, 3.63) is 76.8 Å². The fourth-order valence-corrected chi connectivity index (χ4v) is 4.01. The molecule has 0 saturated carbocycles. The Morgan fingerprint density at radius 2 is 1.86 bits per heavy atom. The second-order valence-corrected chi connectivity index (χ2v) is 7.15. The number of thiazole rings is 1. The van der Waals surface area contributed by atoms with Crippen molar-refractivity contribution in [3.63, 3.8) is 0 Å². The van der Waals surface area contributed by atoms with Crippen LogP contribution in [0.15, 0.2) is 65.7 Å². The average molecular weight is 394 g/mol. The minimum atomic E-state index is -0.483. The molecule has 0 N–H and O–H groups in total. The summed E-state index contributed by atoms with van der Waals surface area (Å²) in [5, 5.41) is 1.96. The number of carbonyl (C=O) groups is 2. The largest absolute Gasteiger partial charge is 0.468 e. The topological polar surface area (TPSA) is 60.7 Å². The molecule has 0 bridgehead atoms. The first-order valence-corrected chi connectivity index (χ1v) is 9.30. The molecule has 0 unspecified atom stereocenters. The van der Waals surface area contributed by atoms with Gasteiger partial charge in [0.2, 0.25) is 0 Å². The van der Waals surface area contributed by atoms with Crippen LogP contribution < -0.4 is 4.80 Å². The number of nitrogens with zero attached hydrogens (tertiary/aromatic N) is 2. The molecule has 0 aliphatic carbocycles. The molecule has 1 heterocycles. The molecule has 4 aromatic rings. The van der Waals surface area contributed by atoms with E-state index < -0.39 is 17.7 Å². The number of carbonyl (C=O) groups excluding carboxylic acids is 2. The first-order valence-electron chi connectivity index (χ1n) is 8.49. The maximum Gasteiger partial charge on any atom is 0.325 e. The van der Waals surface area contributed by atoms with Crippen LogP contribution in [0.25, 0.3) is 21.0 Å². The van der Waals surface area contributed by atoms with Gasteiger partial charge in [0.25, 0.3) is 5.91 Å². The normalized spacial score (nSPS) is 11.9. The molecule has 3 aromatic carbocycles. The van der Waals surface area contributed by atoms with E-state index >= 15 is 0 Å². The van der Waals surface area contributed by atoms with E-state index in [0.717, 1.165) is 22.1 Å². The van der Waals surface area contributed by atoms with E-state index in [2.05, 4.69) is 4.99 Å². The van der Waals surface area contributed by atoms with E-state index in [4.69, 9.17) is 4.74 Å². The van der Waals surface area contributed by atoms with E-state index in [1.54, 1.807) is 22.8 Å². The lowest BCUT2D eigenvalue weighted by Gasteiger charge is -2.04. The maximum absolute atomic E-state index is 13.6. The van der Waals surface area contributed by atoms with Gasteiger partial charge < -0.3 is 9.30 Å². The summed E-state index contributed by atoms with van der Waals surface area (Å²) in [4.78, 5) is 29.1. The van der Waals surface area contributed by atoms with Crippen molar-refractivity contribution in [1.29, 1.82) is 0 Å². The third-order valence-electron chi connectivity index (χ3n) is 4.35. The van der Waals surface area contributed by atoms with E-state index in [9.17, 15) is 14.0 Å². The Kier molecular flexibility index (Phi) is 4.75. The van der Waals surface area contributed by atoms with Crippen LogP contribution >= 0.6 is 11.3 Å². The monoisotopic (exact) mass is 394 g/mol. The highest BCUT2D eigenvalue weighted by Crippen LogP contribution is 2.20. The van der Waals surface area contributed by atoms with Crippen molar-refractivity contribution in [2.75, 3.05) is 7.11 Å². The molecule has 28 heavy (non-hydrogen) atoms. The van der Waals surface area contributed by atoms with E-state index in [1.807, 2.05) is 30.3 Å². The average Bonchev–Trinajstić information content (AvgIpc) is 3.03. The van der Waals surface area contributed by atoms with Crippen LogP contribution in [0.1, 0.15) is 10.4 Å². The summed E-state index contributed by atoms with van der Waals surface area (Å²) in [7, 11) is 1.29. The number of rotatable bonds is 3. The molecule has 0 aliphatic heterocycles. The van der Waals surface area contributed by atoms with Gasteiger partial charge in [-0.25, -0.2) is 4.39 Å². The van der Waals surface area contributed by atoms with Gasteiger partial charge in [-0.15, -0.1) is 0 Å². The molecular formula is C21H15FN2O3S. The summed E-state index contributed by atoms with van der Waals surface area (Å²) in [6.45, 7) is -0.119. The van der Waals surface area contributed by atoms with E-state index in [-0.39, 0.29) is 6.54 Å². The van der Waals surface area contributed by atoms with Crippen LogP contribution in [0.3, 0.4) is 0 Å². The Labute approximate surface area is 163 Å². The number of hydrogen-bond acceptors (Lipinski definition) is 4. The SMILES string of the molecule is COC(=O)Cn1c(=NC(=O)c2ccc3ccccc3c2)sc2cc(F)ccc21. The second kappa shape index (κ2) is 7.36. The zero-order valence-electron chi connectivity index (χ0n) is 14.9. The number of aromatic nitrogens is 1. The van der Waals surface area contributed by atoms with Gasteiger partial charge in [0, 0.05) is 5.56 Å². The molecular weight excluding hydrogens is 379 g/mol. The van der Waals surface area contributed by atoms with Crippen molar-refractivity contribution in [2.24, 2.45) is 4.99 Å². The van der Waals surface area contributed by atoms with Crippen LogP contribution in [0.4, 0.5) is 4.39 Å². The highest BCUT2D eigenvalue weighted by molar-refractivity contribution is 7.16. The molecule has 0 aliphatic rings. The molecule has 1 aromatic heterocycles. The highest BCUT2D eigenvalue weighted by Gasteiger charge is 2.13. The molecule has 0 spiro atoms. The standard InChI is InChI=1S/C21H15FN2O3S/c1-27-19(25)12-24-17-9-8-16(22)11-18(17)28-21(24)23-20(26)15-7-6-13-4-2-3-5-14(13)10-15/h2-11H,12H2,1H3. The number of methoxy groups -OCH3 is 1. The van der Waals surface area contributed by atoms with E-state index in [0.29, 0.717) is 20.6 Å². The van der Waals surface area contributed by atoms with Crippen molar-refractivity contribution in [1.82, 2.24) is 4.57 Å². The Hall–Kier alpha value is -3.32. The number of esters is 1. The molecule has 0 atom stereocenters. The van der Waals surface area contributed by atoms with Crippen molar-refractivity contribution < 1.29 is 18.7 Å². The van der Waals surface area contributed by atoms with Gasteiger partial charge in [-0.1, -0.05) is 41.7 Å². The van der Waals surface area contributed by atoms with Gasteiger partial charge in [0.15, 0.2) is 4.80 Å². The van der Waals surface area contributed by atoms with Gasteiger partial charge in [0.05, 0.1) is 17.3 Å². The first-order chi connectivity index (χ1) is 13.5. The van der Waals surface area contributed by atoms with Crippen LogP contribution in [0, 0.1) is 5.82 Å². The summed E-state index contributed by atoms with van der Waals surface area (Å²) in [5.74, 6) is -1.31. The lowest BCUT2D eigenvalue weighted by molar-refractivity contribution is -0.141. The van der Waals surface area contributed by atoms with Gasteiger partial charge in [-0.2, -0.15) is 4.99 Å². The smallest absolute Gasteiger partial charge is 0.325 e. The highest BCUT2D eigenvalue weighted by atomic mass is 32.1. The predicted octanol–water partition coefficient (Wildman–Crippen LogP) is 3.91. The van der Waals surface area contributed by atoms with E-state index in [1.165, 1.54) is 19.2 Å². The third kappa shape index (κ3) is 3.44. The molecule has 0 fully saturated rings. The summed E-state index contributed by atoms with van der Waals surface area (Å²) < 4.78 is 20.5. The molecule has 7 heteroatoms. The zero-order chi connectivity index (χ0) is 19.7. The fourth-order valence-electron chi connectivity index (χ4n) is 2.95. The first kappa shape index (κ1) is 18.1. The van der Waals surface area contributed by atoms with Crippen LogP contribution in [-0.2, 0) is 16.1 Å². The summed E-state index contributed by atoms with van der Waals surface area (Å²) in [6.07, 6.45) is 0. The quantitative estimate of drug-likeness (QED) is 0.495. The van der Waals surface area contributed by atoms with Gasteiger partial charge in [-0.3, -0.25) is 9.59 Å². The van der Waals surface area contributed by atoms with Gasteiger partial charge in [0.1, 0.15) is 12.4 Å². The van der Waals surface area contributed by atoms with Crippen LogP contribution in [0.2, 0.25) is 0 Å². The molecule has 4 rings (SSSR count). The van der Waals surface area contributed by atoms with Crippen molar-refractivity contribution in [3.8, 4) is 0 Å². The summed E-state index contributed by atoms with van der Waals surface area (Å²) in [5.41, 5.74) is 1.05. The predicted molar refractivity (Wildman–Crippen MR) is 106 cm³/mol. The van der Waals surface area contributed by atoms with Crippen LogP contribution in [0.5, 0.6) is 0 Å². The third-order valence-corrected chi connectivity index (χ3v) is 5.39. The molecule has 140 valence electrons. The minimum Gasteiger partial charge on any atom is -0.468 e. The van der Waals surface area contributed by atoms with Gasteiger partial charge >= 0.3 is 5.97 Å². The number of amides is 1. The molecule has 5 nitrogen and oxygen atoms in total. The Morgan fingerprint density at radius 3 is 2.64 bits per heavy atom. The molecule has 1 amide bonds. The molecule has 0 saturated heterocycles. The fraction of sp³-hybridized carbons (Fsp3) is 0.0952. The zero-order valence-corrected chi connectivity index (χ0v) is 15.7. The van der Waals surface area contributed by atoms with Crippen LogP contribution in [-0.4, -0.2) is 23.6 Å². The van der Waals surface area contributed by atoms with Crippen molar-refractivity contribution >= 4 is 44.2 Å². The number of halogens is 1. The minimum absolute atomic E-state index is 0.119. The summed E-state index contributed by atoms with van der Waals surface area (Å²) >= 11 is 1.14. The Bertz CT molecular complexity index is 1290. The lowest BCUT2D eigenvalue weighted by Crippen LogP contribution is -2.22. The summed E-state index contributed by atoms with van der Waals surface area (Å²) in [6, 6.07) is 17.3. The number of benzene rings is 3. The number of fused-ring (bicyclic) bond motifs is 2. The molecule has 0 radical (unpaired) electrons. The number of hydrogen-bond donors (Lipinski definition) is 0. The lowest BCUT2D eigenvalue weighted by atomic mass is 10.1. The Balaban J connectivity index is 1.83. The Morgan fingerprint density at radius 1 is 1.07 bits per heavy atom. The van der Waals surface area contributed by atoms with Crippen molar-refractivity contribution in [2.45, 2.75) is 6.54 Å².